The molecule has 0 bridgehead atoms. The summed E-state index contributed by atoms with van der Waals surface area (Å²) in [4.78, 5) is 8.19. The summed E-state index contributed by atoms with van der Waals surface area (Å²) in [7, 11) is 3.45. The number of hydrogen-bond acceptors (Lipinski definition) is 4. The number of benzene rings is 3. The number of pyridine rings is 2. The zero-order valence-corrected chi connectivity index (χ0v) is 24.8. The van der Waals surface area contributed by atoms with Gasteiger partial charge in [-0.05, 0) is 86.8 Å². The minimum atomic E-state index is -0.0499. The van der Waals surface area contributed by atoms with Crippen molar-refractivity contribution < 1.29 is 9.47 Å². The van der Waals surface area contributed by atoms with Gasteiger partial charge in [-0.3, -0.25) is 9.97 Å². The monoisotopic (exact) mass is 552 g/mol. The molecule has 0 atom stereocenters. The fourth-order valence-corrected chi connectivity index (χ4v) is 4.81. The lowest BCUT2D eigenvalue weighted by Crippen LogP contribution is -2.11. The molecule has 0 saturated heterocycles. The standard InChI is InChI=1S/C38H36N2O2/c1-38(2,3)33-25-31(34-12-10-29(22-36(34)41-4)8-6-27-14-18-39-19-15-27)24-32(26-33)35-13-11-30(23-37(35)42-5)9-7-28-16-20-40-21-17-28/h6-26H,1-5H3/b8-6+,9-7+. The summed E-state index contributed by atoms with van der Waals surface area (Å²) < 4.78 is 11.8. The van der Waals surface area contributed by atoms with E-state index in [9.17, 15) is 0 Å². The number of methoxy groups -OCH3 is 2. The molecule has 42 heavy (non-hydrogen) atoms. The fraction of sp³-hybridized carbons (Fsp3) is 0.158. The van der Waals surface area contributed by atoms with E-state index in [1.165, 1.54) is 5.56 Å². The first kappa shape index (κ1) is 28.6. The summed E-state index contributed by atoms with van der Waals surface area (Å²) in [5.41, 5.74) is 9.81. The van der Waals surface area contributed by atoms with E-state index < -0.39 is 0 Å². The van der Waals surface area contributed by atoms with Crippen molar-refractivity contribution >= 4 is 24.3 Å². The molecular weight excluding hydrogens is 516 g/mol. The molecule has 0 aliphatic rings. The van der Waals surface area contributed by atoms with Gasteiger partial charge in [-0.15, -0.1) is 0 Å². The van der Waals surface area contributed by atoms with E-state index in [1.807, 2.05) is 24.3 Å². The topological polar surface area (TPSA) is 44.2 Å². The Kier molecular flexibility index (Phi) is 8.63. The maximum Gasteiger partial charge on any atom is 0.127 e. The average Bonchev–Trinajstić information content (AvgIpc) is 3.02. The third-order valence-electron chi connectivity index (χ3n) is 7.22. The lowest BCUT2D eigenvalue weighted by molar-refractivity contribution is 0.416. The van der Waals surface area contributed by atoms with Gasteiger partial charge in [0.05, 0.1) is 14.2 Å². The first-order valence-corrected chi connectivity index (χ1v) is 14.0. The number of ether oxygens (including phenoxy) is 2. The van der Waals surface area contributed by atoms with Gasteiger partial charge in [0, 0.05) is 35.9 Å². The highest BCUT2D eigenvalue weighted by atomic mass is 16.5. The van der Waals surface area contributed by atoms with Crippen LogP contribution in [-0.4, -0.2) is 24.2 Å². The van der Waals surface area contributed by atoms with E-state index in [-0.39, 0.29) is 5.41 Å². The second-order valence-corrected chi connectivity index (χ2v) is 11.2. The van der Waals surface area contributed by atoms with Gasteiger partial charge in [-0.1, -0.05) is 81.5 Å². The van der Waals surface area contributed by atoms with Crippen LogP contribution in [0.5, 0.6) is 11.5 Å². The Morgan fingerprint density at radius 3 is 1.29 bits per heavy atom. The Morgan fingerprint density at radius 2 is 0.905 bits per heavy atom. The SMILES string of the molecule is COc1cc(/C=C/c2ccncc2)ccc1-c1cc(-c2ccc(/C=C/c3ccncc3)cc2OC)cc(C(C)(C)C)c1. The van der Waals surface area contributed by atoms with Crippen molar-refractivity contribution in [3.05, 3.63) is 131 Å². The summed E-state index contributed by atoms with van der Waals surface area (Å²) >= 11 is 0. The van der Waals surface area contributed by atoms with Gasteiger partial charge in [-0.25, -0.2) is 0 Å². The van der Waals surface area contributed by atoms with Crippen LogP contribution in [0.2, 0.25) is 0 Å². The van der Waals surface area contributed by atoms with Crippen LogP contribution in [0.15, 0.2) is 104 Å². The molecule has 210 valence electrons. The lowest BCUT2D eigenvalue weighted by Gasteiger charge is -2.23. The van der Waals surface area contributed by atoms with Crippen LogP contribution in [0.25, 0.3) is 46.6 Å². The molecule has 4 nitrogen and oxygen atoms in total. The summed E-state index contributed by atoms with van der Waals surface area (Å²) in [5, 5.41) is 0. The van der Waals surface area contributed by atoms with Gasteiger partial charge in [0.15, 0.2) is 0 Å². The average molecular weight is 553 g/mol. The molecule has 0 radical (unpaired) electrons. The predicted octanol–water partition coefficient (Wildman–Crippen LogP) is 9.47. The molecule has 5 aromatic rings. The van der Waals surface area contributed by atoms with Crippen LogP contribution in [0.3, 0.4) is 0 Å². The van der Waals surface area contributed by atoms with Gasteiger partial charge < -0.3 is 9.47 Å². The minimum absolute atomic E-state index is 0.0499. The van der Waals surface area contributed by atoms with E-state index >= 15 is 0 Å². The summed E-state index contributed by atoms with van der Waals surface area (Å²) in [6.45, 7) is 6.72. The number of nitrogens with zero attached hydrogens (tertiary/aromatic N) is 2. The highest BCUT2D eigenvalue weighted by Gasteiger charge is 2.19. The van der Waals surface area contributed by atoms with Crippen LogP contribution in [-0.2, 0) is 5.41 Å². The van der Waals surface area contributed by atoms with E-state index in [0.29, 0.717) is 0 Å². The van der Waals surface area contributed by atoms with Crippen LogP contribution in [0.4, 0.5) is 0 Å². The quantitative estimate of drug-likeness (QED) is 0.192. The van der Waals surface area contributed by atoms with E-state index in [4.69, 9.17) is 9.47 Å². The number of rotatable bonds is 8. The van der Waals surface area contributed by atoms with E-state index in [1.54, 1.807) is 39.0 Å². The molecule has 0 amide bonds. The van der Waals surface area contributed by atoms with E-state index in [2.05, 4.69) is 110 Å². The predicted molar refractivity (Wildman–Crippen MR) is 175 cm³/mol. The summed E-state index contributed by atoms with van der Waals surface area (Å²) in [6, 6.07) is 27.4. The summed E-state index contributed by atoms with van der Waals surface area (Å²) in [5.74, 6) is 1.65. The third-order valence-corrected chi connectivity index (χ3v) is 7.22. The summed E-state index contributed by atoms with van der Waals surface area (Å²) in [6.07, 6.45) is 15.5. The Bertz CT molecular complexity index is 1600. The van der Waals surface area contributed by atoms with Crippen molar-refractivity contribution in [1.82, 2.24) is 9.97 Å². The molecule has 0 unspecified atom stereocenters. The second-order valence-electron chi connectivity index (χ2n) is 11.2. The molecule has 2 aromatic heterocycles. The smallest absolute Gasteiger partial charge is 0.127 e. The first-order chi connectivity index (χ1) is 20.3. The van der Waals surface area contributed by atoms with Crippen LogP contribution < -0.4 is 9.47 Å². The van der Waals surface area contributed by atoms with Gasteiger partial charge in [0.2, 0.25) is 0 Å². The largest absolute Gasteiger partial charge is 0.496 e. The Labute approximate surface area is 249 Å². The number of aromatic nitrogens is 2. The van der Waals surface area contributed by atoms with E-state index in [0.717, 1.165) is 56.0 Å². The lowest BCUT2D eigenvalue weighted by atomic mass is 9.83. The highest BCUT2D eigenvalue weighted by molar-refractivity contribution is 5.82. The zero-order valence-electron chi connectivity index (χ0n) is 24.8. The normalized spacial score (nSPS) is 11.7. The second kappa shape index (κ2) is 12.7. The number of hydrogen-bond donors (Lipinski definition) is 0. The molecule has 5 rings (SSSR count). The Hall–Kier alpha value is -4.96. The van der Waals surface area contributed by atoms with Crippen LogP contribution in [0.1, 0.15) is 48.6 Å². The molecule has 4 heteroatoms. The van der Waals surface area contributed by atoms with Crippen molar-refractivity contribution in [3.8, 4) is 33.8 Å². The van der Waals surface area contributed by atoms with Crippen molar-refractivity contribution in [2.75, 3.05) is 14.2 Å². The molecule has 0 aliphatic carbocycles. The van der Waals surface area contributed by atoms with Crippen molar-refractivity contribution in [2.24, 2.45) is 0 Å². The molecular formula is C38H36N2O2. The molecule has 0 fully saturated rings. The molecule has 3 aromatic carbocycles. The Balaban J connectivity index is 1.54. The van der Waals surface area contributed by atoms with Crippen molar-refractivity contribution in [2.45, 2.75) is 26.2 Å². The molecule has 0 saturated carbocycles. The van der Waals surface area contributed by atoms with Crippen LogP contribution in [0, 0.1) is 0 Å². The van der Waals surface area contributed by atoms with Gasteiger partial charge in [-0.2, -0.15) is 0 Å². The van der Waals surface area contributed by atoms with Gasteiger partial charge >= 0.3 is 0 Å². The molecule has 0 spiro atoms. The molecule has 0 N–H and O–H groups in total. The molecule has 0 aliphatic heterocycles. The maximum atomic E-state index is 5.91. The zero-order chi connectivity index (χ0) is 29.5. The first-order valence-electron chi connectivity index (χ1n) is 14.0. The Morgan fingerprint density at radius 1 is 0.500 bits per heavy atom. The maximum absolute atomic E-state index is 5.91. The highest BCUT2D eigenvalue weighted by Crippen LogP contribution is 2.40. The van der Waals surface area contributed by atoms with Gasteiger partial charge in [0.25, 0.3) is 0 Å². The fourth-order valence-electron chi connectivity index (χ4n) is 4.81. The third kappa shape index (κ3) is 6.84. The molecule has 2 heterocycles. The minimum Gasteiger partial charge on any atom is -0.496 e. The van der Waals surface area contributed by atoms with Gasteiger partial charge in [0.1, 0.15) is 11.5 Å². The van der Waals surface area contributed by atoms with Crippen LogP contribution >= 0.6 is 0 Å². The van der Waals surface area contributed by atoms with Crippen molar-refractivity contribution in [1.29, 1.82) is 0 Å². The van der Waals surface area contributed by atoms with Crippen molar-refractivity contribution in [3.63, 3.8) is 0 Å².